The maximum absolute atomic E-state index is 13.2. The van der Waals surface area contributed by atoms with Gasteiger partial charge in [0.15, 0.2) is 5.11 Å². The van der Waals surface area contributed by atoms with Crippen LogP contribution < -0.4 is 10.6 Å². The average molecular weight is 244 g/mol. The van der Waals surface area contributed by atoms with Gasteiger partial charge in [0.1, 0.15) is 11.6 Å². The zero-order valence-electron chi connectivity index (χ0n) is 9.02. The summed E-state index contributed by atoms with van der Waals surface area (Å²) in [6.07, 6.45) is 2.03. The van der Waals surface area contributed by atoms with E-state index in [1.54, 1.807) is 0 Å². The quantitative estimate of drug-likeness (QED) is 0.629. The SMILES string of the molecule is CCCCNC(=S)Nc1cc(F)ccc1F. The molecule has 5 heteroatoms. The summed E-state index contributed by atoms with van der Waals surface area (Å²) in [7, 11) is 0. The zero-order valence-corrected chi connectivity index (χ0v) is 9.83. The number of rotatable bonds is 4. The average Bonchev–Trinajstić information content (AvgIpc) is 2.24. The predicted molar refractivity (Wildman–Crippen MR) is 65.5 cm³/mol. The second-order valence-corrected chi connectivity index (χ2v) is 3.77. The summed E-state index contributed by atoms with van der Waals surface area (Å²) in [6, 6.07) is 3.20. The molecule has 2 N–H and O–H groups in total. The van der Waals surface area contributed by atoms with Crippen molar-refractivity contribution in [1.29, 1.82) is 0 Å². The normalized spacial score (nSPS) is 9.94. The lowest BCUT2D eigenvalue weighted by Crippen LogP contribution is -2.29. The standard InChI is InChI=1S/C11H14F2N2S/c1-2-3-6-14-11(16)15-10-7-8(12)4-5-9(10)13/h4-5,7H,2-3,6H2,1H3,(H2,14,15,16). The molecule has 16 heavy (non-hydrogen) atoms. The van der Waals surface area contributed by atoms with E-state index in [1.807, 2.05) is 0 Å². The first-order chi connectivity index (χ1) is 7.63. The Kier molecular flexibility index (Phi) is 5.11. The van der Waals surface area contributed by atoms with Crippen LogP contribution in [0.15, 0.2) is 18.2 Å². The smallest absolute Gasteiger partial charge is 0.170 e. The van der Waals surface area contributed by atoms with Gasteiger partial charge in [0, 0.05) is 12.6 Å². The number of benzene rings is 1. The number of hydrogen-bond acceptors (Lipinski definition) is 1. The van der Waals surface area contributed by atoms with Crippen molar-refractivity contribution in [3.05, 3.63) is 29.8 Å². The molecule has 2 nitrogen and oxygen atoms in total. The fourth-order valence-electron chi connectivity index (χ4n) is 1.14. The Hall–Kier alpha value is -1.23. The van der Waals surface area contributed by atoms with Crippen molar-refractivity contribution in [3.63, 3.8) is 0 Å². The number of anilines is 1. The molecule has 0 spiro atoms. The van der Waals surface area contributed by atoms with Gasteiger partial charge in [-0.05, 0) is 30.8 Å². The third-order valence-electron chi connectivity index (χ3n) is 1.99. The Morgan fingerprint density at radius 3 is 2.81 bits per heavy atom. The molecule has 1 rings (SSSR count). The topological polar surface area (TPSA) is 24.1 Å². The van der Waals surface area contributed by atoms with Gasteiger partial charge in [0.05, 0.1) is 5.69 Å². The van der Waals surface area contributed by atoms with Crippen molar-refractivity contribution >= 4 is 23.0 Å². The first-order valence-corrected chi connectivity index (χ1v) is 5.54. The Morgan fingerprint density at radius 1 is 1.38 bits per heavy atom. The van der Waals surface area contributed by atoms with E-state index in [2.05, 4.69) is 17.6 Å². The maximum atomic E-state index is 13.2. The molecule has 0 amide bonds. The van der Waals surface area contributed by atoms with Crippen LogP contribution in [-0.2, 0) is 0 Å². The molecule has 0 fully saturated rings. The highest BCUT2D eigenvalue weighted by Crippen LogP contribution is 2.14. The summed E-state index contributed by atoms with van der Waals surface area (Å²) < 4.78 is 26.0. The first kappa shape index (κ1) is 12.8. The van der Waals surface area contributed by atoms with Crippen LogP contribution in [0, 0.1) is 11.6 Å². The summed E-state index contributed by atoms with van der Waals surface area (Å²) in [5.41, 5.74) is 0.0500. The zero-order chi connectivity index (χ0) is 12.0. The van der Waals surface area contributed by atoms with Crippen molar-refractivity contribution in [2.24, 2.45) is 0 Å². The molecule has 0 saturated heterocycles. The molecule has 88 valence electrons. The van der Waals surface area contributed by atoms with Crippen LogP contribution in [0.5, 0.6) is 0 Å². The van der Waals surface area contributed by atoms with E-state index in [1.165, 1.54) is 0 Å². The Bertz CT molecular complexity index is 369. The van der Waals surface area contributed by atoms with Gasteiger partial charge in [-0.1, -0.05) is 13.3 Å². The minimum absolute atomic E-state index is 0.0500. The van der Waals surface area contributed by atoms with E-state index in [0.29, 0.717) is 5.11 Å². The Balaban J connectivity index is 2.52. The lowest BCUT2D eigenvalue weighted by Gasteiger charge is -2.10. The van der Waals surface area contributed by atoms with E-state index in [-0.39, 0.29) is 5.69 Å². The number of unbranched alkanes of at least 4 members (excludes halogenated alkanes) is 1. The lowest BCUT2D eigenvalue weighted by atomic mass is 10.3. The van der Waals surface area contributed by atoms with Gasteiger partial charge in [-0.15, -0.1) is 0 Å². The molecule has 1 aromatic carbocycles. The maximum Gasteiger partial charge on any atom is 0.170 e. The van der Waals surface area contributed by atoms with Crippen molar-refractivity contribution in [2.75, 3.05) is 11.9 Å². The van der Waals surface area contributed by atoms with Crippen molar-refractivity contribution in [1.82, 2.24) is 5.32 Å². The summed E-state index contributed by atoms with van der Waals surface area (Å²) in [6.45, 7) is 2.78. The summed E-state index contributed by atoms with van der Waals surface area (Å²) in [4.78, 5) is 0. The van der Waals surface area contributed by atoms with E-state index >= 15 is 0 Å². The van der Waals surface area contributed by atoms with Crippen molar-refractivity contribution in [2.45, 2.75) is 19.8 Å². The number of halogens is 2. The monoisotopic (exact) mass is 244 g/mol. The molecule has 0 unspecified atom stereocenters. The van der Waals surface area contributed by atoms with Crippen LogP contribution in [0.1, 0.15) is 19.8 Å². The molecule has 0 heterocycles. The van der Waals surface area contributed by atoms with Crippen LogP contribution in [0.3, 0.4) is 0 Å². The molecule has 0 aliphatic carbocycles. The second kappa shape index (κ2) is 6.37. The van der Waals surface area contributed by atoms with E-state index in [4.69, 9.17) is 12.2 Å². The minimum atomic E-state index is -0.527. The highest BCUT2D eigenvalue weighted by Gasteiger charge is 2.04. The molecule has 0 bridgehead atoms. The van der Waals surface area contributed by atoms with Crippen LogP contribution in [0.4, 0.5) is 14.5 Å². The molecular formula is C11H14F2N2S. The third kappa shape index (κ3) is 4.10. The summed E-state index contributed by atoms with van der Waals surface area (Å²) in [5, 5.41) is 5.83. The van der Waals surface area contributed by atoms with Gasteiger partial charge in [0.25, 0.3) is 0 Å². The molecule has 1 aromatic rings. The van der Waals surface area contributed by atoms with Crippen LogP contribution in [-0.4, -0.2) is 11.7 Å². The fourth-order valence-corrected chi connectivity index (χ4v) is 1.35. The molecular weight excluding hydrogens is 230 g/mol. The first-order valence-electron chi connectivity index (χ1n) is 5.13. The van der Waals surface area contributed by atoms with Crippen molar-refractivity contribution < 1.29 is 8.78 Å². The number of nitrogens with one attached hydrogen (secondary N) is 2. The predicted octanol–water partition coefficient (Wildman–Crippen LogP) is 3.05. The largest absolute Gasteiger partial charge is 0.362 e. The van der Waals surface area contributed by atoms with E-state index in [0.717, 1.165) is 37.6 Å². The van der Waals surface area contributed by atoms with E-state index in [9.17, 15) is 8.78 Å². The van der Waals surface area contributed by atoms with Crippen LogP contribution in [0.25, 0.3) is 0 Å². The summed E-state index contributed by atoms with van der Waals surface area (Å²) >= 11 is 4.94. The third-order valence-corrected chi connectivity index (χ3v) is 2.24. The van der Waals surface area contributed by atoms with Gasteiger partial charge in [-0.25, -0.2) is 8.78 Å². The highest BCUT2D eigenvalue weighted by atomic mass is 32.1. The van der Waals surface area contributed by atoms with Gasteiger partial charge in [-0.3, -0.25) is 0 Å². The molecule has 0 atom stereocenters. The van der Waals surface area contributed by atoms with E-state index < -0.39 is 11.6 Å². The minimum Gasteiger partial charge on any atom is -0.362 e. The van der Waals surface area contributed by atoms with Gasteiger partial charge in [-0.2, -0.15) is 0 Å². The molecule has 0 aliphatic heterocycles. The van der Waals surface area contributed by atoms with Gasteiger partial charge < -0.3 is 10.6 Å². The summed E-state index contributed by atoms with van der Waals surface area (Å²) in [5.74, 6) is -1.03. The molecule has 0 saturated carbocycles. The van der Waals surface area contributed by atoms with Crippen LogP contribution >= 0.6 is 12.2 Å². The Morgan fingerprint density at radius 2 is 2.12 bits per heavy atom. The molecule has 0 radical (unpaired) electrons. The highest BCUT2D eigenvalue weighted by molar-refractivity contribution is 7.80. The van der Waals surface area contributed by atoms with Gasteiger partial charge >= 0.3 is 0 Å². The molecule has 0 aromatic heterocycles. The fraction of sp³-hybridized carbons (Fsp3) is 0.364. The van der Waals surface area contributed by atoms with Gasteiger partial charge in [0.2, 0.25) is 0 Å². The molecule has 0 aliphatic rings. The second-order valence-electron chi connectivity index (χ2n) is 3.36. The lowest BCUT2D eigenvalue weighted by molar-refractivity contribution is 0.604. The number of thiocarbonyl (C=S) groups is 1. The van der Waals surface area contributed by atoms with Crippen molar-refractivity contribution in [3.8, 4) is 0 Å². The number of hydrogen-bond donors (Lipinski definition) is 2. The van der Waals surface area contributed by atoms with Crippen LogP contribution in [0.2, 0.25) is 0 Å². The Labute approximate surface area is 99.0 Å².